The van der Waals surface area contributed by atoms with Crippen LogP contribution in [0.3, 0.4) is 0 Å². The number of aromatic nitrogens is 2. The van der Waals surface area contributed by atoms with Crippen LogP contribution in [0.25, 0.3) is 10.9 Å². The van der Waals surface area contributed by atoms with Gasteiger partial charge in [0.2, 0.25) is 0 Å². The van der Waals surface area contributed by atoms with Crippen LogP contribution < -0.4 is 0 Å². The van der Waals surface area contributed by atoms with Crippen molar-refractivity contribution in [3.63, 3.8) is 0 Å². The highest BCUT2D eigenvalue weighted by Gasteiger charge is 2.51. The Kier molecular flexibility index (Phi) is 3.67. The summed E-state index contributed by atoms with van der Waals surface area (Å²) in [6.45, 7) is 4.38. The van der Waals surface area contributed by atoms with Gasteiger partial charge in [-0.3, -0.25) is 4.99 Å². The number of halogens is 2. The van der Waals surface area contributed by atoms with E-state index < -0.39 is 11.6 Å². The van der Waals surface area contributed by atoms with E-state index in [9.17, 15) is 8.78 Å². The van der Waals surface area contributed by atoms with Crippen molar-refractivity contribution in [2.75, 3.05) is 0 Å². The lowest BCUT2D eigenvalue weighted by molar-refractivity contribution is 0.258. The molecule has 1 spiro atoms. The Morgan fingerprint density at radius 2 is 1.68 bits per heavy atom. The van der Waals surface area contributed by atoms with E-state index in [1.54, 1.807) is 6.07 Å². The van der Waals surface area contributed by atoms with Crippen molar-refractivity contribution in [2.24, 2.45) is 4.99 Å². The number of aliphatic imine (C=N–C) groups is 1. The number of fused-ring (bicyclic) bond motifs is 3. The maximum atomic E-state index is 14.0. The molecule has 3 aromatic rings. The second-order valence-corrected chi connectivity index (χ2v) is 8.38. The van der Waals surface area contributed by atoms with E-state index in [1.165, 1.54) is 24.5 Å². The Bertz CT molecular complexity index is 1130. The van der Waals surface area contributed by atoms with Crippen LogP contribution in [0.1, 0.15) is 56.4 Å². The van der Waals surface area contributed by atoms with Crippen LogP contribution in [0, 0.1) is 11.6 Å². The zero-order valence-corrected chi connectivity index (χ0v) is 16.0. The van der Waals surface area contributed by atoms with Crippen LogP contribution in [-0.2, 0) is 5.41 Å². The molecule has 0 bridgehead atoms. The third-order valence-corrected chi connectivity index (χ3v) is 6.61. The summed E-state index contributed by atoms with van der Waals surface area (Å²) in [5, 5.41) is 8.72. The minimum atomic E-state index is -0.965. The van der Waals surface area contributed by atoms with Crippen LogP contribution in [0.4, 0.5) is 8.78 Å². The van der Waals surface area contributed by atoms with Gasteiger partial charge < -0.3 is 0 Å². The van der Waals surface area contributed by atoms with Gasteiger partial charge in [-0.2, -0.15) is 0 Å². The van der Waals surface area contributed by atoms with E-state index in [-0.39, 0.29) is 16.5 Å². The molecule has 1 saturated carbocycles. The molecule has 1 fully saturated rings. The molecule has 2 aliphatic rings. The topological polar surface area (TPSA) is 38.1 Å². The molecule has 1 aliphatic heterocycles. The molecule has 0 atom stereocenters. The van der Waals surface area contributed by atoms with Crippen LogP contribution in [0.2, 0.25) is 0 Å². The first-order valence-corrected chi connectivity index (χ1v) is 9.74. The van der Waals surface area contributed by atoms with Crippen LogP contribution in [-0.4, -0.2) is 21.4 Å². The predicted octanol–water partition coefficient (Wildman–Crippen LogP) is 5.35. The summed E-state index contributed by atoms with van der Waals surface area (Å²) in [6, 6.07) is 12.8. The third kappa shape index (κ3) is 2.28. The van der Waals surface area contributed by atoms with Crippen molar-refractivity contribution in [1.82, 2.24) is 10.2 Å². The van der Waals surface area contributed by atoms with Crippen molar-refractivity contribution in [3.8, 4) is 0 Å². The maximum Gasteiger partial charge on any atom is 0.186 e. The molecule has 0 amide bonds. The molecule has 0 N–H and O–H groups in total. The van der Waals surface area contributed by atoms with Gasteiger partial charge in [-0.25, -0.2) is 8.78 Å². The minimum Gasteiger partial charge on any atom is -0.275 e. The highest BCUT2D eigenvalue weighted by Crippen LogP contribution is 2.53. The summed E-state index contributed by atoms with van der Waals surface area (Å²) in [5.74, 6) is -1.88. The number of nitrogens with zero attached hydrogens (tertiary/aromatic N) is 3. The first kappa shape index (κ1) is 17.4. The lowest BCUT2D eigenvalue weighted by Gasteiger charge is -2.46. The van der Waals surface area contributed by atoms with Crippen molar-refractivity contribution in [2.45, 2.75) is 50.5 Å². The molecule has 5 rings (SSSR count). The highest BCUT2D eigenvalue weighted by atomic mass is 19.2. The minimum absolute atomic E-state index is 0.0343. The summed E-state index contributed by atoms with van der Waals surface area (Å²) in [7, 11) is 0. The van der Waals surface area contributed by atoms with Crippen LogP contribution >= 0.6 is 0 Å². The fourth-order valence-corrected chi connectivity index (χ4v) is 5.11. The van der Waals surface area contributed by atoms with Gasteiger partial charge in [-0.1, -0.05) is 37.1 Å². The zero-order valence-electron chi connectivity index (χ0n) is 16.0. The van der Waals surface area contributed by atoms with Gasteiger partial charge in [0, 0.05) is 16.4 Å². The first-order valence-electron chi connectivity index (χ1n) is 9.74. The summed E-state index contributed by atoms with van der Waals surface area (Å²) >= 11 is 0. The second-order valence-electron chi connectivity index (χ2n) is 8.38. The van der Waals surface area contributed by atoms with Gasteiger partial charge in [-0.15, -0.1) is 10.2 Å². The molecule has 0 radical (unpaired) electrons. The monoisotopic (exact) mass is 377 g/mol. The molecule has 0 saturated heterocycles. The molecule has 1 aliphatic carbocycles. The quantitative estimate of drug-likeness (QED) is 0.573. The van der Waals surface area contributed by atoms with Crippen LogP contribution in [0.5, 0.6) is 0 Å². The fourth-order valence-electron chi connectivity index (χ4n) is 5.11. The molecule has 142 valence electrons. The van der Waals surface area contributed by atoms with Gasteiger partial charge in [0.05, 0.1) is 11.3 Å². The molecule has 1 aromatic heterocycles. The number of hydrogen-bond donors (Lipinski definition) is 0. The number of benzene rings is 2. The Hall–Kier alpha value is -2.69. The summed E-state index contributed by atoms with van der Waals surface area (Å²) in [6.07, 6.45) is 4.68. The standard InChI is InChI=1S/C23H21F2N3/c1-22(2)23(11-5-6-12-23)16-8-4-3-7-15(16)21(26-22)18-13-14-9-10-17(24)19(25)20(14)28-27-18/h3-4,7-10,13H,5-6,11-12H2,1-2H3. The van der Waals surface area contributed by atoms with Crippen molar-refractivity contribution in [3.05, 3.63) is 70.9 Å². The third-order valence-electron chi connectivity index (χ3n) is 6.61. The molecule has 28 heavy (non-hydrogen) atoms. The van der Waals surface area contributed by atoms with E-state index in [2.05, 4.69) is 42.2 Å². The van der Waals surface area contributed by atoms with Crippen LogP contribution in [0.15, 0.2) is 47.5 Å². The molecule has 2 heterocycles. The zero-order chi connectivity index (χ0) is 19.5. The fraction of sp³-hybridized carbons (Fsp3) is 0.348. The Morgan fingerprint density at radius 3 is 2.46 bits per heavy atom. The molecule has 3 nitrogen and oxygen atoms in total. The number of rotatable bonds is 1. The Balaban J connectivity index is 1.73. The van der Waals surface area contributed by atoms with E-state index in [1.807, 2.05) is 6.07 Å². The Morgan fingerprint density at radius 1 is 0.929 bits per heavy atom. The van der Waals surface area contributed by atoms with Gasteiger partial charge in [0.1, 0.15) is 11.2 Å². The average Bonchev–Trinajstić information content (AvgIpc) is 3.20. The van der Waals surface area contributed by atoms with E-state index in [4.69, 9.17) is 4.99 Å². The largest absolute Gasteiger partial charge is 0.275 e. The van der Waals surface area contributed by atoms with Gasteiger partial charge in [-0.05, 0) is 50.5 Å². The van der Waals surface area contributed by atoms with Gasteiger partial charge in [0.15, 0.2) is 11.6 Å². The Labute approximate surface area is 162 Å². The van der Waals surface area contributed by atoms with Crippen molar-refractivity contribution >= 4 is 16.6 Å². The number of hydrogen-bond acceptors (Lipinski definition) is 3. The first-order chi connectivity index (χ1) is 13.4. The molecular formula is C23H21F2N3. The van der Waals surface area contributed by atoms with E-state index in [0.29, 0.717) is 11.1 Å². The molecular weight excluding hydrogens is 356 g/mol. The molecule has 0 unspecified atom stereocenters. The predicted molar refractivity (Wildman–Crippen MR) is 106 cm³/mol. The smallest absolute Gasteiger partial charge is 0.186 e. The lowest BCUT2D eigenvalue weighted by Crippen LogP contribution is -2.48. The van der Waals surface area contributed by atoms with E-state index >= 15 is 0 Å². The van der Waals surface area contributed by atoms with Crippen molar-refractivity contribution in [1.29, 1.82) is 0 Å². The summed E-state index contributed by atoms with van der Waals surface area (Å²) in [5.41, 5.74) is 3.45. The van der Waals surface area contributed by atoms with Gasteiger partial charge >= 0.3 is 0 Å². The molecule has 5 heteroatoms. The average molecular weight is 377 g/mol. The van der Waals surface area contributed by atoms with E-state index in [0.717, 1.165) is 30.2 Å². The lowest BCUT2D eigenvalue weighted by atomic mass is 9.62. The molecule has 2 aromatic carbocycles. The van der Waals surface area contributed by atoms with Gasteiger partial charge in [0.25, 0.3) is 0 Å². The maximum absolute atomic E-state index is 14.0. The summed E-state index contributed by atoms with van der Waals surface area (Å²) < 4.78 is 27.5. The second kappa shape index (κ2) is 5.90. The summed E-state index contributed by atoms with van der Waals surface area (Å²) in [4.78, 5) is 5.15. The SMILES string of the molecule is CC1(C)N=C(c2cc3ccc(F)c(F)c3nn2)c2ccccc2C12CCCC2. The normalized spacial score (nSPS) is 19.6. The highest BCUT2D eigenvalue weighted by molar-refractivity contribution is 6.14. The van der Waals surface area contributed by atoms with Crippen molar-refractivity contribution < 1.29 is 8.78 Å².